The van der Waals surface area contributed by atoms with E-state index in [9.17, 15) is 0 Å². The van der Waals surface area contributed by atoms with Gasteiger partial charge in [-0.1, -0.05) is 337 Å². The molecule has 0 nitrogen and oxygen atoms in total. The van der Waals surface area contributed by atoms with E-state index in [1.807, 2.05) is 138 Å². The molecule has 65 heavy (non-hydrogen) atoms. The first-order valence-electron chi connectivity index (χ1n) is 26.9. The number of rotatable bonds is 0. The summed E-state index contributed by atoms with van der Waals surface area (Å²) < 4.78 is 0. The minimum absolute atomic E-state index is 0.223. The lowest BCUT2D eigenvalue weighted by Gasteiger charge is -2.21. The molecule has 0 bridgehead atoms. The lowest BCUT2D eigenvalue weighted by molar-refractivity contribution is 0.351. The van der Waals surface area contributed by atoms with Crippen LogP contribution in [0, 0.1) is 11.3 Å². The highest BCUT2D eigenvalue weighted by Gasteiger charge is 2.33. The Hall–Kier alpha value is -3.38. The molecule has 0 aromatic heterocycles. The van der Waals surface area contributed by atoms with E-state index in [4.69, 9.17) is 0 Å². The summed E-state index contributed by atoms with van der Waals surface area (Å²) in [5.41, 5.74) is 5.59. The lowest BCUT2D eigenvalue weighted by Crippen LogP contribution is -2.11. The van der Waals surface area contributed by atoms with Gasteiger partial charge in [-0.25, -0.2) is 0 Å². The summed E-state index contributed by atoms with van der Waals surface area (Å²) >= 11 is 0. The van der Waals surface area contributed by atoms with E-state index < -0.39 is 0 Å². The minimum atomic E-state index is 0.223. The monoisotopic (exact) mass is 901 g/mol. The summed E-state index contributed by atoms with van der Waals surface area (Å²) in [5.74, 6) is 1.05. The molecule has 0 amide bonds. The summed E-state index contributed by atoms with van der Waals surface area (Å²) in [4.78, 5) is 0. The third-order valence-corrected chi connectivity index (χ3v) is 8.66. The standard InChI is InChI=1S/2C14H16.C10H14.C7H14.10C2H6/c1-14(2,3)13-10-6-8-11-7-4-5-9-12(11)13;1-14(2,3)13-9-8-11-6-4-5-7-12(11)10-13;1-10(2,3)9-7-5-4-6-8-9;1-7(2,3)6-4-5-6;10*1-2/h2*4-10H,1-3H3;4-8H,1-3H3;6H,4-5H2,1-3H3;10*1-2H3. The second-order valence-corrected chi connectivity index (χ2v) is 16.8. The molecule has 1 aliphatic rings. The number of benzene rings is 5. The fourth-order valence-corrected chi connectivity index (χ4v) is 5.42. The molecular formula is C65H120. The van der Waals surface area contributed by atoms with E-state index in [1.165, 1.54) is 51.1 Å². The number of hydrogen-bond acceptors (Lipinski definition) is 0. The molecule has 6 rings (SSSR count). The van der Waals surface area contributed by atoms with Crippen molar-refractivity contribution in [1.82, 2.24) is 0 Å². The topological polar surface area (TPSA) is 0 Å². The average Bonchev–Trinajstić information content (AvgIpc) is 4.23. The molecule has 0 aliphatic heterocycles. The van der Waals surface area contributed by atoms with Crippen LogP contribution in [0.3, 0.4) is 0 Å². The van der Waals surface area contributed by atoms with Gasteiger partial charge >= 0.3 is 0 Å². The number of hydrogen-bond donors (Lipinski definition) is 0. The van der Waals surface area contributed by atoms with Crippen molar-refractivity contribution in [3.8, 4) is 0 Å². The van der Waals surface area contributed by atoms with Crippen LogP contribution in [0.4, 0.5) is 0 Å². The van der Waals surface area contributed by atoms with Crippen molar-refractivity contribution in [1.29, 1.82) is 0 Å². The Balaban J connectivity index is -0.0000000997. The van der Waals surface area contributed by atoms with Crippen molar-refractivity contribution in [3.05, 3.63) is 132 Å². The highest BCUT2D eigenvalue weighted by atomic mass is 14.4. The van der Waals surface area contributed by atoms with Gasteiger partial charge in [0.05, 0.1) is 0 Å². The van der Waals surface area contributed by atoms with Crippen LogP contribution in [0.25, 0.3) is 21.5 Å². The molecular weight excluding hydrogens is 781 g/mol. The Labute approximate surface area is 413 Å². The Morgan fingerprint density at radius 1 is 0.292 bits per heavy atom. The largest absolute Gasteiger partial charge is 0.0683 e. The van der Waals surface area contributed by atoms with Crippen LogP contribution in [0.5, 0.6) is 0 Å². The normalized spacial score (nSPS) is 10.3. The van der Waals surface area contributed by atoms with Gasteiger partial charge in [0.2, 0.25) is 0 Å². The molecule has 1 aliphatic carbocycles. The van der Waals surface area contributed by atoms with Gasteiger partial charge < -0.3 is 0 Å². The first kappa shape index (κ1) is 78.8. The van der Waals surface area contributed by atoms with E-state index in [0.29, 0.717) is 10.8 Å². The molecule has 0 saturated heterocycles. The van der Waals surface area contributed by atoms with Gasteiger partial charge in [-0.2, -0.15) is 0 Å². The summed E-state index contributed by atoms with van der Waals surface area (Å²) in [6.45, 7) is 67.2. The van der Waals surface area contributed by atoms with Gasteiger partial charge in [-0.3, -0.25) is 0 Å². The van der Waals surface area contributed by atoms with Crippen LogP contribution in [-0.4, -0.2) is 0 Å². The van der Waals surface area contributed by atoms with Crippen LogP contribution in [0.1, 0.15) is 251 Å². The van der Waals surface area contributed by atoms with Crippen molar-refractivity contribution in [2.45, 2.75) is 251 Å². The zero-order valence-corrected chi connectivity index (χ0v) is 50.5. The molecule has 0 heteroatoms. The first-order chi connectivity index (χ1) is 30.9. The van der Waals surface area contributed by atoms with Crippen molar-refractivity contribution in [2.75, 3.05) is 0 Å². The second kappa shape index (κ2) is 50.0. The maximum Gasteiger partial charge on any atom is -0.0126 e. The van der Waals surface area contributed by atoms with E-state index >= 15 is 0 Å². The highest BCUT2D eigenvalue weighted by molar-refractivity contribution is 5.86. The van der Waals surface area contributed by atoms with Crippen LogP contribution >= 0.6 is 0 Å². The first-order valence-corrected chi connectivity index (χ1v) is 26.9. The SMILES string of the molecule is CC.CC.CC.CC.CC.CC.CC.CC.CC.CC.CC(C)(C)C1CC1.CC(C)(C)c1ccc2ccccc2c1.CC(C)(C)c1cccc2ccccc12.CC(C)(C)c1ccccc1. The van der Waals surface area contributed by atoms with Gasteiger partial charge in [0.25, 0.3) is 0 Å². The Morgan fingerprint density at radius 2 is 0.631 bits per heavy atom. The van der Waals surface area contributed by atoms with Gasteiger partial charge in [0, 0.05) is 0 Å². The Bertz CT molecular complexity index is 1590. The van der Waals surface area contributed by atoms with Crippen molar-refractivity contribution < 1.29 is 0 Å². The molecule has 0 spiro atoms. The molecule has 0 heterocycles. The molecule has 1 saturated carbocycles. The van der Waals surface area contributed by atoms with E-state index in [0.717, 1.165) is 5.92 Å². The van der Waals surface area contributed by atoms with Gasteiger partial charge in [0.1, 0.15) is 0 Å². The zero-order valence-electron chi connectivity index (χ0n) is 50.5. The summed E-state index contributed by atoms with van der Waals surface area (Å²) in [5, 5.41) is 5.36. The molecule has 5 aromatic rings. The van der Waals surface area contributed by atoms with Crippen LogP contribution in [0.2, 0.25) is 0 Å². The molecule has 1 fully saturated rings. The molecule has 380 valence electrons. The molecule has 0 radical (unpaired) electrons. The minimum Gasteiger partial charge on any atom is -0.0683 e. The summed E-state index contributed by atoms with van der Waals surface area (Å²) in [6, 6.07) is 40.9. The van der Waals surface area contributed by atoms with Crippen molar-refractivity contribution >= 4 is 21.5 Å². The third kappa shape index (κ3) is 39.5. The fraction of sp³-hybridized carbons (Fsp3) is 0.600. The van der Waals surface area contributed by atoms with Crippen LogP contribution in [-0.2, 0) is 16.2 Å². The predicted octanol–water partition coefficient (Wildman–Crippen LogP) is 24.0. The van der Waals surface area contributed by atoms with Crippen LogP contribution < -0.4 is 0 Å². The second-order valence-electron chi connectivity index (χ2n) is 16.8. The molecule has 0 unspecified atom stereocenters. The van der Waals surface area contributed by atoms with Crippen molar-refractivity contribution in [3.63, 3.8) is 0 Å². The van der Waals surface area contributed by atoms with Gasteiger partial charge in [-0.15, -0.1) is 0 Å². The maximum absolute atomic E-state index is 2.32. The lowest BCUT2D eigenvalue weighted by atomic mass is 9.84. The Morgan fingerprint density at radius 3 is 0.954 bits per heavy atom. The van der Waals surface area contributed by atoms with Gasteiger partial charge in [-0.05, 0) is 78.7 Å². The van der Waals surface area contributed by atoms with Gasteiger partial charge in [0.15, 0.2) is 0 Å². The smallest absolute Gasteiger partial charge is 0.0126 e. The quantitative estimate of drug-likeness (QED) is 0.145. The fourth-order valence-electron chi connectivity index (χ4n) is 5.42. The van der Waals surface area contributed by atoms with E-state index in [-0.39, 0.29) is 10.8 Å². The van der Waals surface area contributed by atoms with E-state index in [2.05, 4.69) is 198 Å². The average molecular weight is 902 g/mol. The van der Waals surface area contributed by atoms with Crippen LogP contribution in [0.15, 0.2) is 115 Å². The van der Waals surface area contributed by atoms with E-state index in [1.54, 1.807) is 0 Å². The zero-order chi connectivity index (χ0) is 53.5. The highest BCUT2D eigenvalue weighted by Crippen LogP contribution is 2.44. The molecule has 0 N–H and O–H groups in total. The summed E-state index contributed by atoms with van der Waals surface area (Å²) in [6.07, 6.45) is 2.95. The third-order valence-electron chi connectivity index (χ3n) is 8.66. The number of fused-ring (bicyclic) bond motifs is 2. The molecule has 0 atom stereocenters. The summed E-state index contributed by atoms with van der Waals surface area (Å²) in [7, 11) is 0. The van der Waals surface area contributed by atoms with Crippen molar-refractivity contribution in [2.24, 2.45) is 11.3 Å². The Kier molecular flexibility index (Phi) is 60.6. The molecule has 5 aromatic carbocycles. The predicted molar refractivity (Wildman–Crippen MR) is 316 cm³/mol. The maximum atomic E-state index is 2.32.